The zero-order valence-corrected chi connectivity index (χ0v) is 8.69. The first kappa shape index (κ1) is 11.9. The molecule has 1 atom stereocenters. The van der Waals surface area contributed by atoms with E-state index in [2.05, 4.69) is 5.10 Å². The fourth-order valence-electron chi connectivity index (χ4n) is 1.18. The fourth-order valence-corrected chi connectivity index (χ4v) is 1.47. The van der Waals surface area contributed by atoms with Crippen molar-refractivity contribution in [3.8, 4) is 6.07 Å². The summed E-state index contributed by atoms with van der Waals surface area (Å²) in [5.74, 6) is -0.942. The van der Waals surface area contributed by atoms with Gasteiger partial charge in [0.25, 0.3) is 0 Å². The first-order valence-corrected chi connectivity index (χ1v) is 4.36. The molecule has 1 unspecified atom stereocenters. The van der Waals surface area contributed by atoms with Gasteiger partial charge < -0.3 is 0 Å². The number of hydrogen-bond acceptors (Lipinski definition) is 2. The van der Waals surface area contributed by atoms with Gasteiger partial charge in [-0.3, -0.25) is 4.68 Å². The highest BCUT2D eigenvalue weighted by Gasteiger charge is 2.40. The second kappa shape index (κ2) is 3.74. The largest absolute Gasteiger partial charge is 0.435 e. The second-order valence-electron chi connectivity index (χ2n) is 3.03. The van der Waals surface area contributed by atoms with Crippen molar-refractivity contribution in [3.63, 3.8) is 0 Å². The van der Waals surface area contributed by atoms with E-state index in [1.807, 2.05) is 0 Å². The molecule has 0 bridgehead atoms. The molecule has 0 aliphatic rings. The summed E-state index contributed by atoms with van der Waals surface area (Å²) in [4.78, 5) is 0. The summed E-state index contributed by atoms with van der Waals surface area (Å²) < 4.78 is 38.4. The molecular weight excluding hydrogens is 231 g/mol. The van der Waals surface area contributed by atoms with E-state index in [1.54, 1.807) is 6.07 Å². The van der Waals surface area contributed by atoms with Crippen LogP contribution in [-0.4, -0.2) is 9.78 Å². The summed E-state index contributed by atoms with van der Waals surface area (Å²) in [6.45, 7) is 1.35. The van der Waals surface area contributed by atoms with E-state index in [1.165, 1.54) is 14.0 Å². The van der Waals surface area contributed by atoms with Gasteiger partial charge in [0.05, 0.1) is 12.0 Å². The Bertz CT molecular complexity index is 416. The topological polar surface area (TPSA) is 41.6 Å². The van der Waals surface area contributed by atoms with Gasteiger partial charge in [0.1, 0.15) is 5.15 Å². The quantitative estimate of drug-likeness (QED) is 0.754. The number of halogens is 4. The molecule has 3 nitrogen and oxygen atoms in total. The molecule has 0 radical (unpaired) electrons. The highest BCUT2D eigenvalue weighted by molar-refractivity contribution is 6.30. The summed E-state index contributed by atoms with van der Waals surface area (Å²) in [6, 6.07) is 1.71. The maximum absolute atomic E-state index is 12.5. The van der Waals surface area contributed by atoms with Crippen molar-refractivity contribution in [2.75, 3.05) is 0 Å². The molecule has 0 aliphatic heterocycles. The van der Waals surface area contributed by atoms with Crippen molar-refractivity contribution in [2.24, 2.45) is 7.05 Å². The van der Waals surface area contributed by atoms with Gasteiger partial charge in [-0.05, 0) is 6.92 Å². The molecule has 15 heavy (non-hydrogen) atoms. The lowest BCUT2D eigenvalue weighted by Crippen LogP contribution is -2.10. The minimum absolute atomic E-state index is 0.156. The molecule has 0 spiro atoms. The lowest BCUT2D eigenvalue weighted by Gasteiger charge is -2.06. The normalized spacial score (nSPS) is 13.7. The van der Waals surface area contributed by atoms with Crippen molar-refractivity contribution in [2.45, 2.75) is 19.0 Å². The predicted molar refractivity (Wildman–Crippen MR) is 47.2 cm³/mol. The first-order chi connectivity index (χ1) is 6.79. The monoisotopic (exact) mass is 237 g/mol. The standard InChI is InChI=1S/C8H7ClF3N3/c1-4(3-13)5-6(8(10,11)12)14-15(2)7(5)9/h4H,1-2H3. The van der Waals surface area contributed by atoms with Gasteiger partial charge in [-0.2, -0.15) is 23.5 Å². The van der Waals surface area contributed by atoms with Gasteiger partial charge in [-0.1, -0.05) is 11.6 Å². The number of nitriles is 1. The van der Waals surface area contributed by atoms with E-state index in [0.29, 0.717) is 0 Å². The third-order valence-corrected chi connectivity index (χ3v) is 2.35. The third-order valence-electron chi connectivity index (χ3n) is 1.91. The lowest BCUT2D eigenvalue weighted by atomic mass is 10.0. The van der Waals surface area contributed by atoms with Crippen LogP contribution in [-0.2, 0) is 13.2 Å². The Morgan fingerprint density at radius 3 is 2.47 bits per heavy atom. The number of rotatable bonds is 1. The van der Waals surface area contributed by atoms with Gasteiger partial charge in [0.15, 0.2) is 5.69 Å². The Hall–Kier alpha value is -1.22. The SMILES string of the molecule is CC(C#N)c1c(C(F)(F)F)nn(C)c1Cl. The van der Waals surface area contributed by atoms with Crippen LogP contribution in [0.1, 0.15) is 24.1 Å². The van der Waals surface area contributed by atoms with E-state index in [9.17, 15) is 13.2 Å². The minimum atomic E-state index is -4.59. The molecule has 1 heterocycles. The molecule has 82 valence electrons. The second-order valence-corrected chi connectivity index (χ2v) is 3.38. The van der Waals surface area contributed by atoms with Crippen LogP contribution in [0.3, 0.4) is 0 Å². The summed E-state index contributed by atoms with van der Waals surface area (Å²) >= 11 is 5.64. The van der Waals surface area contributed by atoms with Crippen molar-refractivity contribution >= 4 is 11.6 Å². The molecule has 1 aromatic heterocycles. The third kappa shape index (κ3) is 2.07. The maximum Gasteiger partial charge on any atom is 0.435 e. The van der Waals surface area contributed by atoms with Crippen molar-refractivity contribution in [3.05, 3.63) is 16.4 Å². The van der Waals surface area contributed by atoms with E-state index >= 15 is 0 Å². The maximum atomic E-state index is 12.5. The smallest absolute Gasteiger partial charge is 0.256 e. The van der Waals surface area contributed by atoms with Crippen LogP contribution in [0.4, 0.5) is 13.2 Å². The van der Waals surface area contributed by atoms with Crippen molar-refractivity contribution in [1.29, 1.82) is 5.26 Å². The Morgan fingerprint density at radius 1 is 1.53 bits per heavy atom. The number of aryl methyl sites for hydroxylation is 1. The van der Waals surface area contributed by atoms with Gasteiger partial charge >= 0.3 is 6.18 Å². The molecule has 1 rings (SSSR count). The molecule has 0 saturated carbocycles. The Labute approximate surface area is 89.1 Å². The summed E-state index contributed by atoms with van der Waals surface area (Å²) in [7, 11) is 1.30. The molecule has 0 amide bonds. The summed E-state index contributed by atoms with van der Waals surface area (Å²) in [6.07, 6.45) is -4.59. The van der Waals surface area contributed by atoms with Crippen LogP contribution in [0.5, 0.6) is 0 Å². The van der Waals surface area contributed by atoms with Crippen molar-refractivity contribution in [1.82, 2.24) is 9.78 Å². The zero-order valence-electron chi connectivity index (χ0n) is 7.93. The van der Waals surface area contributed by atoms with Crippen LogP contribution >= 0.6 is 11.6 Å². The Morgan fingerprint density at radius 2 is 2.07 bits per heavy atom. The molecular formula is C8H7ClF3N3. The van der Waals surface area contributed by atoms with Crippen LogP contribution in [0.25, 0.3) is 0 Å². The van der Waals surface area contributed by atoms with E-state index in [4.69, 9.17) is 16.9 Å². The van der Waals surface area contributed by atoms with E-state index < -0.39 is 17.8 Å². The number of hydrogen-bond donors (Lipinski definition) is 0. The highest BCUT2D eigenvalue weighted by atomic mass is 35.5. The summed E-state index contributed by atoms with van der Waals surface area (Å²) in [5, 5.41) is 11.7. The predicted octanol–water partition coefficient (Wildman–Crippen LogP) is 2.72. The summed E-state index contributed by atoms with van der Waals surface area (Å²) in [5.41, 5.74) is -1.36. The number of nitrogens with zero attached hydrogens (tertiary/aromatic N) is 3. The van der Waals surface area contributed by atoms with Crippen molar-refractivity contribution < 1.29 is 13.2 Å². The van der Waals surface area contributed by atoms with Crippen LogP contribution < -0.4 is 0 Å². The molecule has 0 aliphatic carbocycles. The first-order valence-electron chi connectivity index (χ1n) is 3.98. The van der Waals surface area contributed by atoms with Crippen LogP contribution in [0.2, 0.25) is 5.15 Å². The molecule has 1 aromatic rings. The Balaban J connectivity index is 3.42. The van der Waals surface area contributed by atoms with Crippen LogP contribution in [0.15, 0.2) is 0 Å². The van der Waals surface area contributed by atoms with Gasteiger partial charge in [-0.25, -0.2) is 0 Å². The zero-order chi connectivity index (χ0) is 11.8. The van der Waals surface area contributed by atoms with Gasteiger partial charge in [-0.15, -0.1) is 0 Å². The average Bonchev–Trinajstić information content (AvgIpc) is 2.42. The Kier molecular flexibility index (Phi) is 2.95. The number of aromatic nitrogens is 2. The van der Waals surface area contributed by atoms with Crippen LogP contribution in [0, 0.1) is 11.3 Å². The molecule has 0 N–H and O–H groups in total. The average molecular weight is 238 g/mol. The molecule has 0 saturated heterocycles. The fraction of sp³-hybridized carbons (Fsp3) is 0.500. The molecule has 0 fully saturated rings. The lowest BCUT2D eigenvalue weighted by molar-refractivity contribution is -0.142. The molecule has 0 aromatic carbocycles. The van der Waals surface area contributed by atoms with Gasteiger partial charge in [0, 0.05) is 12.6 Å². The van der Waals surface area contributed by atoms with E-state index in [0.717, 1.165) is 4.68 Å². The number of alkyl halides is 3. The minimum Gasteiger partial charge on any atom is -0.256 e. The molecule has 7 heteroatoms. The van der Waals surface area contributed by atoms with Gasteiger partial charge in [0.2, 0.25) is 0 Å². The van der Waals surface area contributed by atoms with E-state index in [-0.39, 0.29) is 10.7 Å². The highest BCUT2D eigenvalue weighted by Crippen LogP contribution is 2.37.